The van der Waals surface area contributed by atoms with Crippen LogP contribution in [0, 0.1) is 18.3 Å². The van der Waals surface area contributed by atoms with Gasteiger partial charge in [0.25, 0.3) is 0 Å². The lowest BCUT2D eigenvalue weighted by molar-refractivity contribution is -0.117. The molecular formula is C33H26Cl2N4O3. The predicted molar refractivity (Wildman–Crippen MR) is 164 cm³/mol. The van der Waals surface area contributed by atoms with E-state index >= 15 is 0 Å². The molecule has 0 spiro atoms. The largest absolute Gasteiger partial charge is 0.383 e. The number of halogens is 2. The van der Waals surface area contributed by atoms with Gasteiger partial charge in [-0.05, 0) is 68.4 Å². The summed E-state index contributed by atoms with van der Waals surface area (Å²) in [6, 6.07) is 24.3. The molecule has 0 aliphatic heterocycles. The van der Waals surface area contributed by atoms with Crippen molar-refractivity contribution in [2.24, 2.45) is 7.05 Å². The molecule has 2 atom stereocenters. The maximum Gasteiger partial charge on any atom is 0.233 e. The second kappa shape index (κ2) is 11.8. The van der Waals surface area contributed by atoms with Gasteiger partial charge in [-0.2, -0.15) is 5.26 Å². The summed E-state index contributed by atoms with van der Waals surface area (Å²) in [5, 5.41) is 24.5. The van der Waals surface area contributed by atoms with E-state index in [9.17, 15) is 14.7 Å². The van der Waals surface area contributed by atoms with Crippen molar-refractivity contribution in [3.05, 3.63) is 128 Å². The van der Waals surface area contributed by atoms with Crippen LogP contribution in [0.25, 0.3) is 10.9 Å². The number of aliphatic hydroxyl groups is 1. The zero-order chi connectivity index (χ0) is 30.1. The zero-order valence-corrected chi connectivity index (χ0v) is 24.5. The third-order valence-corrected chi connectivity index (χ3v) is 8.09. The fraction of sp³-hybridized carbons (Fsp3) is 0.152. The summed E-state index contributed by atoms with van der Waals surface area (Å²) in [5.74, 6) is -1.23. The molecule has 42 heavy (non-hydrogen) atoms. The van der Waals surface area contributed by atoms with Gasteiger partial charge in [-0.15, -0.1) is 0 Å². The number of aryl methyl sites for hydroxylation is 1. The van der Waals surface area contributed by atoms with Gasteiger partial charge in [-0.1, -0.05) is 47.5 Å². The lowest BCUT2D eigenvalue weighted by Gasteiger charge is -2.20. The first-order chi connectivity index (χ1) is 20.1. The Morgan fingerprint density at radius 2 is 1.74 bits per heavy atom. The number of pyridine rings is 1. The van der Waals surface area contributed by atoms with Crippen LogP contribution in [-0.4, -0.2) is 26.3 Å². The molecule has 2 heterocycles. The van der Waals surface area contributed by atoms with Gasteiger partial charge in [0.15, 0.2) is 0 Å². The normalized spacial score (nSPS) is 12.5. The Morgan fingerprint density at radius 1 is 1.00 bits per heavy atom. The average molecular weight is 598 g/mol. The summed E-state index contributed by atoms with van der Waals surface area (Å²) in [7, 11) is 1.72. The first-order valence-corrected chi connectivity index (χ1v) is 13.9. The third-order valence-electron chi connectivity index (χ3n) is 7.35. The number of anilines is 1. The Hall–Kier alpha value is -4.48. The quantitative estimate of drug-likeness (QED) is 0.194. The van der Waals surface area contributed by atoms with Crippen molar-refractivity contribution in [2.75, 3.05) is 5.32 Å². The molecule has 2 unspecified atom stereocenters. The predicted octanol–water partition coefficient (Wildman–Crippen LogP) is 7.12. The number of para-hydroxylation sites is 1. The van der Waals surface area contributed by atoms with Gasteiger partial charge >= 0.3 is 0 Å². The van der Waals surface area contributed by atoms with Crippen LogP contribution >= 0.6 is 23.2 Å². The van der Waals surface area contributed by atoms with E-state index in [-0.39, 0.29) is 27.3 Å². The van der Waals surface area contributed by atoms with Crippen LogP contribution in [0.5, 0.6) is 0 Å². The van der Waals surface area contributed by atoms with Gasteiger partial charge in [0.05, 0.1) is 39.5 Å². The lowest BCUT2D eigenvalue weighted by atomic mass is 9.97. The summed E-state index contributed by atoms with van der Waals surface area (Å²) >= 11 is 13.3. The number of hydrogen-bond acceptors (Lipinski definition) is 5. The number of nitrogens with one attached hydrogen (secondary N) is 1. The maximum atomic E-state index is 13.4. The molecule has 0 aliphatic carbocycles. The van der Waals surface area contributed by atoms with Gasteiger partial charge in [-0.25, -0.2) is 0 Å². The highest BCUT2D eigenvalue weighted by Crippen LogP contribution is 2.40. The summed E-state index contributed by atoms with van der Waals surface area (Å²) in [6.07, 6.45) is -1.19. The van der Waals surface area contributed by atoms with Gasteiger partial charge in [0.2, 0.25) is 11.7 Å². The van der Waals surface area contributed by atoms with E-state index in [1.165, 1.54) is 0 Å². The molecule has 9 heteroatoms. The van der Waals surface area contributed by atoms with E-state index in [1.54, 1.807) is 73.1 Å². The number of carbonyl (C=O) groups is 2. The van der Waals surface area contributed by atoms with E-state index in [0.717, 1.165) is 11.1 Å². The summed E-state index contributed by atoms with van der Waals surface area (Å²) in [4.78, 5) is 31.1. The summed E-state index contributed by atoms with van der Waals surface area (Å²) in [6.45, 7) is 3.60. The van der Waals surface area contributed by atoms with Crippen molar-refractivity contribution in [2.45, 2.75) is 25.9 Å². The van der Waals surface area contributed by atoms with Gasteiger partial charge in [0, 0.05) is 45.5 Å². The second-order valence-electron chi connectivity index (χ2n) is 10.0. The molecule has 0 saturated heterocycles. The Labute approximate surface area is 253 Å². The number of benzene rings is 3. The van der Waals surface area contributed by atoms with Crippen LogP contribution in [0.1, 0.15) is 63.1 Å². The minimum Gasteiger partial charge on any atom is -0.383 e. The summed E-state index contributed by atoms with van der Waals surface area (Å²) in [5.41, 5.74) is 4.45. The number of ketones is 1. The third kappa shape index (κ3) is 5.40. The number of nitriles is 1. The van der Waals surface area contributed by atoms with Crippen LogP contribution in [0.3, 0.4) is 0 Å². The number of carbonyl (C=O) groups excluding carboxylic acids is 2. The molecule has 5 rings (SSSR count). The monoisotopic (exact) mass is 596 g/mol. The number of aromatic nitrogens is 2. The maximum absolute atomic E-state index is 13.4. The van der Waals surface area contributed by atoms with E-state index in [4.69, 9.17) is 28.5 Å². The molecule has 7 nitrogen and oxygen atoms in total. The Balaban J connectivity index is 1.40. The molecule has 3 aromatic carbocycles. The first kappa shape index (κ1) is 29.0. The average Bonchev–Trinajstić information content (AvgIpc) is 3.38. The van der Waals surface area contributed by atoms with Crippen molar-refractivity contribution in [3.8, 4) is 6.07 Å². The van der Waals surface area contributed by atoms with Crippen molar-refractivity contribution in [3.63, 3.8) is 0 Å². The summed E-state index contributed by atoms with van der Waals surface area (Å²) < 4.78 is 1.68. The van der Waals surface area contributed by atoms with E-state index < -0.39 is 12.0 Å². The van der Waals surface area contributed by atoms with Crippen LogP contribution < -0.4 is 5.32 Å². The molecule has 2 N–H and O–H groups in total. The van der Waals surface area contributed by atoms with Crippen molar-refractivity contribution < 1.29 is 14.7 Å². The van der Waals surface area contributed by atoms with E-state index in [0.29, 0.717) is 39.3 Å². The Bertz CT molecular complexity index is 1890. The lowest BCUT2D eigenvalue weighted by Crippen LogP contribution is -2.22. The molecule has 0 fully saturated rings. The fourth-order valence-electron chi connectivity index (χ4n) is 4.97. The molecule has 0 radical (unpaired) electrons. The Morgan fingerprint density at radius 3 is 2.45 bits per heavy atom. The van der Waals surface area contributed by atoms with Gasteiger partial charge < -0.3 is 15.0 Å². The van der Waals surface area contributed by atoms with Crippen LogP contribution in [-0.2, 0) is 11.8 Å². The van der Waals surface area contributed by atoms with Crippen molar-refractivity contribution in [1.29, 1.82) is 5.26 Å². The number of aliphatic hydroxyl groups excluding tert-OH is 1. The van der Waals surface area contributed by atoms with Crippen LogP contribution in [0.2, 0.25) is 10.0 Å². The number of hydrogen-bond donors (Lipinski definition) is 2. The fourth-order valence-corrected chi connectivity index (χ4v) is 5.59. The highest BCUT2D eigenvalue weighted by Gasteiger charge is 2.26. The number of amides is 1. The molecule has 5 aromatic rings. The van der Waals surface area contributed by atoms with E-state index in [1.807, 2.05) is 37.3 Å². The molecule has 2 aromatic heterocycles. The van der Waals surface area contributed by atoms with Crippen molar-refractivity contribution >= 4 is 51.5 Å². The van der Waals surface area contributed by atoms with E-state index in [2.05, 4.69) is 10.3 Å². The minimum absolute atomic E-state index is 0.115. The Kier molecular flexibility index (Phi) is 8.15. The topological polar surface area (TPSA) is 108 Å². The molecule has 0 aliphatic rings. The highest BCUT2D eigenvalue weighted by molar-refractivity contribution is 6.38. The molecule has 0 saturated carbocycles. The van der Waals surface area contributed by atoms with Crippen LogP contribution in [0.4, 0.5) is 5.69 Å². The van der Waals surface area contributed by atoms with Gasteiger partial charge in [-0.3, -0.25) is 14.6 Å². The first-order valence-electron chi connectivity index (χ1n) is 13.1. The second-order valence-corrected chi connectivity index (χ2v) is 10.8. The number of nitrogens with zero attached hydrogens (tertiary/aromatic N) is 3. The van der Waals surface area contributed by atoms with Crippen molar-refractivity contribution in [1.82, 2.24) is 9.55 Å². The molecule has 210 valence electrons. The SMILES string of the molecule is Cc1ccc2cccc(C(O)c3c(Cl)ccc(NC(=O)C(C)c4ccc(C(=O)c5ccc(C#N)cc5)n4C)c3Cl)c2n1. The smallest absolute Gasteiger partial charge is 0.233 e. The standard InChI is InChI=1S/C33H26Cl2N4O3/c1-18-7-10-21-5-4-6-23(30(21)37-18)32(41)28-24(34)13-14-25(29(28)35)38-33(42)19(2)26-15-16-27(39(26)3)31(40)22-11-8-20(17-36)9-12-22/h4-16,19,32,41H,1-3H3,(H,38,42). The molecule has 0 bridgehead atoms. The van der Waals surface area contributed by atoms with Crippen LogP contribution in [0.15, 0.2) is 78.9 Å². The highest BCUT2D eigenvalue weighted by atomic mass is 35.5. The zero-order valence-electron chi connectivity index (χ0n) is 23.0. The minimum atomic E-state index is -1.19. The number of rotatable bonds is 7. The number of fused-ring (bicyclic) bond motifs is 1. The molecular weight excluding hydrogens is 571 g/mol. The molecule has 1 amide bonds. The van der Waals surface area contributed by atoms with Gasteiger partial charge in [0.1, 0.15) is 6.10 Å².